The molecule has 2 rings (SSSR count). The van der Waals surface area contributed by atoms with Crippen LogP contribution >= 0.6 is 10.7 Å². The van der Waals surface area contributed by atoms with Gasteiger partial charge in [-0.3, -0.25) is 0 Å². The summed E-state index contributed by atoms with van der Waals surface area (Å²) >= 11 is 0. The molecule has 0 saturated heterocycles. The molecule has 0 radical (unpaired) electrons. The number of ether oxygens (including phenoxy) is 2. The van der Waals surface area contributed by atoms with Crippen molar-refractivity contribution in [2.45, 2.75) is 22.5 Å². The summed E-state index contributed by atoms with van der Waals surface area (Å²) in [6.45, 7) is 0. The van der Waals surface area contributed by atoms with E-state index in [0.29, 0.717) is 12.1 Å². The first-order valence-electron chi connectivity index (χ1n) is 7.06. The fourth-order valence-electron chi connectivity index (χ4n) is 1.71. The number of hydrogen-bond acceptors (Lipinski definition) is 6. The van der Waals surface area contributed by atoms with Gasteiger partial charge < -0.3 is 9.47 Å². The van der Waals surface area contributed by atoms with Crippen LogP contribution < -0.4 is 14.6 Å². The van der Waals surface area contributed by atoms with Gasteiger partial charge >= 0.3 is 12.7 Å². The predicted octanol–water partition coefficient (Wildman–Crippen LogP) is 3.75. The van der Waals surface area contributed by atoms with E-state index in [0.717, 1.165) is 0 Å². The molecule has 0 saturated carbocycles. The topological polar surface area (TPSA) is 113 Å². The van der Waals surface area contributed by atoms with Gasteiger partial charge in [0.25, 0.3) is 9.05 Å². The van der Waals surface area contributed by atoms with Gasteiger partial charge in [-0.15, -0.1) is 26.3 Å². The van der Waals surface area contributed by atoms with E-state index in [1.165, 1.54) is 12.1 Å². The third kappa shape index (κ3) is 9.51. The monoisotopic (exact) mass is 501 g/mol. The van der Waals surface area contributed by atoms with Crippen molar-refractivity contribution in [3.8, 4) is 11.5 Å². The lowest BCUT2D eigenvalue weighted by Gasteiger charge is -2.14. The Morgan fingerprint density at radius 2 is 1.30 bits per heavy atom. The Balaban J connectivity index is 0.000000375. The second-order valence-electron chi connectivity index (χ2n) is 5.00. The predicted molar refractivity (Wildman–Crippen MR) is 90.7 cm³/mol. The van der Waals surface area contributed by atoms with Crippen molar-refractivity contribution in [3.63, 3.8) is 0 Å². The van der Waals surface area contributed by atoms with Crippen LogP contribution in [-0.4, -0.2) is 29.6 Å². The van der Waals surface area contributed by atoms with E-state index in [1.54, 1.807) is 18.2 Å². The minimum Gasteiger partial charge on any atom is -0.406 e. The Morgan fingerprint density at radius 1 is 0.800 bits per heavy atom. The first-order valence-corrected chi connectivity index (χ1v) is 10.9. The number of benzene rings is 2. The zero-order valence-corrected chi connectivity index (χ0v) is 16.5. The molecule has 0 spiro atoms. The average molecular weight is 502 g/mol. The van der Waals surface area contributed by atoms with E-state index in [2.05, 4.69) is 14.6 Å². The molecule has 168 valence electrons. The number of alkyl halides is 6. The molecule has 30 heavy (non-hydrogen) atoms. The quantitative estimate of drug-likeness (QED) is 0.504. The molecule has 0 aromatic heterocycles. The van der Waals surface area contributed by atoms with Gasteiger partial charge in [0.05, 0.1) is 4.90 Å². The van der Waals surface area contributed by atoms with E-state index < -0.39 is 48.2 Å². The number of sulfonamides is 1. The lowest BCUT2D eigenvalue weighted by Crippen LogP contribution is -2.22. The number of primary sulfonamides is 1. The molecule has 2 N–H and O–H groups in total. The summed E-state index contributed by atoms with van der Waals surface area (Å²) < 4.78 is 122. The Kier molecular flexibility index (Phi) is 7.98. The van der Waals surface area contributed by atoms with Crippen LogP contribution in [0.3, 0.4) is 0 Å². The minimum atomic E-state index is -5.32. The number of hydrogen-bond donors (Lipinski definition) is 1. The van der Waals surface area contributed by atoms with Crippen molar-refractivity contribution in [1.29, 1.82) is 0 Å². The smallest absolute Gasteiger partial charge is 0.406 e. The van der Waals surface area contributed by atoms with E-state index in [9.17, 15) is 43.2 Å². The van der Waals surface area contributed by atoms with Gasteiger partial charge in [-0.25, -0.2) is 22.0 Å². The van der Waals surface area contributed by atoms with Crippen molar-refractivity contribution in [2.24, 2.45) is 5.14 Å². The SMILES string of the molecule is NS(=O)(=O)c1ccc(OC(F)(F)F)cc1OC(F)(F)F.O=S(=O)(Cl)c1ccccc1. The lowest BCUT2D eigenvalue weighted by atomic mass is 10.3. The van der Waals surface area contributed by atoms with E-state index in [1.807, 2.05) is 0 Å². The van der Waals surface area contributed by atoms with E-state index in [-0.39, 0.29) is 11.0 Å². The van der Waals surface area contributed by atoms with E-state index in [4.69, 9.17) is 10.7 Å². The van der Waals surface area contributed by atoms with Crippen LogP contribution in [0, 0.1) is 0 Å². The van der Waals surface area contributed by atoms with Crippen molar-refractivity contribution < 1.29 is 52.7 Å². The molecule has 16 heteroatoms. The summed E-state index contributed by atoms with van der Waals surface area (Å²) in [5, 5.41) is 4.62. The highest BCUT2D eigenvalue weighted by Crippen LogP contribution is 2.34. The number of halogens is 7. The zero-order valence-electron chi connectivity index (χ0n) is 14.1. The molecule has 0 amide bonds. The third-order valence-electron chi connectivity index (χ3n) is 2.71. The summed E-state index contributed by atoms with van der Waals surface area (Å²) in [6.07, 6.45) is -10.5. The summed E-state index contributed by atoms with van der Waals surface area (Å²) in [5.41, 5.74) is 0. The van der Waals surface area contributed by atoms with Crippen molar-refractivity contribution in [3.05, 3.63) is 48.5 Å². The maximum absolute atomic E-state index is 12.1. The van der Waals surface area contributed by atoms with Gasteiger partial charge in [-0.1, -0.05) is 18.2 Å². The van der Waals surface area contributed by atoms with Gasteiger partial charge in [0, 0.05) is 16.7 Å². The molecule has 0 aliphatic heterocycles. The normalized spacial score (nSPS) is 12.5. The second-order valence-corrected chi connectivity index (χ2v) is 9.10. The molecule has 0 unspecified atom stereocenters. The van der Waals surface area contributed by atoms with Gasteiger partial charge in [0.1, 0.15) is 10.6 Å². The molecule has 0 bridgehead atoms. The molecule has 2 aromatic rings. The van der Waals surface area contributed by atoms with Crippen molar-refractivity contribution in [1.82, 2.24) is 0 Å². The first kappa shape index (κ1) is 25.8. The van der Waals surface area contributed by atoms with Crippen molar-refractivity contribution >= 4 is 29.8 Å². The lowest BCUT2D eigenvalue weighted by molar-refractivity contribution is -0.277. The minimum absolute atomic E-state index is 0.112. The highest BCUT2D eigenvalue weighted by atomic mass is 35.7. The standard InChI is InChI=1S/C8H5F6NO4S.C6H5ClO2S/c9-7(10,11)18-4-1-2-6(20(15,16)17)5(3-4)19-8(12,13)14;7-10(8,9)6-4-2-1-3-5-6/h1-3H,(H2,15,16,17);1-5H. The van der Waals surface area contributed by atoms with Crippen LogP contribution in [0.5, 0.6) is 11.5 Å². The van der Waals surface area contributed by atoms with Crippen LogP contribution in [0.15, 0.2) is 58.3 Å². The Labute approximate surface area is 170 Å². The first-order chi connectivity index (χ1) is 13.4. The Bertz CT molecular complexity index is 1070. The molecule has 0 atom stereocenters. The zero-order chi connectivity index (χ0) is 23.4. The Morgan fingerprint density at radius 3 is 1.67 bits per heavy atom. The van der Waals surface area contributed by atoms with Crippen LogP contribution in [-0.2, 0) is 19.1 Å². The van der Waals surface area contributed by atoms with Gasteiger partial charge in [0.15, 0.2) is 5.75 Å². The summed E-state index contributed by atoms with van der Waals surface area (Å²) in [7, 11) is -3.13. The summed E-state index contributed by atoms with van der Waals surface area (Å²) in [5.74, 6) is -2.52. The third-order valence-corrected chi connectivity index (χ3v) is 5.03. The molecule has 0 fully saturated rings. The Hall–Kier alpha value is -2.23. The fraction of sp³-hybridized carbons (Fsp3) is 0.143. The van der Waals surface area contributed by atoms with Crippen LogP contribution in [0.2, 0.25) is 0 Å². The maximum Gasteiger partial charge on any atom is 0.573 e. The number of nitrogens with two attached hydrogens (primary N) is 1. The molecule has 0 aliphatic carbocycles. The maximum atomic E-state index is 12.1. The highest BCUT2D eigenvalue weighted by molar-refractivity contribution is 8.13. The molecular formula is C14H10ClF6NO6S2. The molecule has 7 nitrogen and oxygen atoms in total. The van der Waals surface area contributed by atoms with Gasteiger partial charge in [-0.2, -0.15) is 0 Å². The largest absolute Gasteiger partial charge is 0.573 e. The molecule has 2 aromatic carbocycles. The summed E-state index contributed by atoms with van der Waals surface area (Å²) in [6, 6.07) is 8.86. The van der Waals surface area contributed by atoms with Crippen molar-refractivity contribution in [2.75, 3.05) is 0 Å². The van der Waals surface area contributed by atoms with Crippen LogP contribution in [0.1, 0.15) is 0 Å². The van der Waals surface area contributed by atoms with Crippen LogP contribution in [0.4, 0.5) is 26.3 Å². The summed E-state index contributed by atoms with van der Waals surface area (Å²) in [4.78, 5) is -0.999. The molecule has 0 aliphatic rings. The second kappa shape index (κ2) is 9.28. The molecule has 0 heterocycles. The highest BCUT2D eigenvalue weighted by Gasteiger charge is 2.35. The van der Waals surface area contributed by atoms with Gasteiger partial charge in [0.2, 0.25) is 10.0 Å². The average Bonchev–Trinajstić information content (AvgIpc) is 2.51. The number of rotatable bonds is 4. The van der Waals surface area contributed by atoms with Gasteiger partial charge in [-0.05, 0) is 24.3 Å². The van der Waals surface area contributed by atoms with Crippen LogP contribution in [0.25, 0.3) is 0 Å². The van der Waals surface area contributed by atoms with E-state index >= 15 is 0 Å². The molecular weight excluding hydrogens is 492 g/mol. The fourth-order valence-corrected chi connectivity index (χ4v) is 3.14.